The van der Waals surface area contributed by atoms with Crippen LogP contribution in [0.25, 0.3) is 0 Å². The first-order valence-electron chi connectivity index (χ1n) is 7.10. The van der Waals surface area contributed by atoms with Crippen molar-refractivity contribution in [3.8, 4) is 0 Å². The molecule has 1 rings (SSSR count). The Morgan fingerprint density at radius 2 is 1.62 bits per heavy atom. The van der Waals surface area contributed by atoms with E-state index >= 15 is 0 Å². The molecule has 2 amide bonds. The van der Waals surface area contributed by atoms with Gasteiger partial charge in [-0.05, 0) is 24.0 Å². The Labute approximate surface area is 125 Å². The van der Waals surface area contributed by atoms with Crippen molar-refractivity contribution in [1.29, 1.82) is 0 Å². The molecule has 116 valence electrons. The molecular weight excluding hydrogens is 270 g/mol. The maximum absolute atomic E-state index is 12.3. The maximum Gasteiger partial charge on any atom is 0.321 e. The Morgan fingerprint density at radius 1 is 1.14 bits per heavy atom. The third-order valence-corrected chi connectivity index (χ3v) is 2.79. The highest BCUT2D eigenvalue weighted by Crippen LogP contribution is 2.16. The maximum atomic E-state index is 12.3. The molecule has 0 unspecified atom stereocenters. The third kappa shape index (κ3) is 5.81. The fourth-order valence-corrected chi connectivity index (χ4v) is 1.99. The topological polar surface area (TPSA) is 75.5 Å². The molecule has 0 saturated carbocycles. The van der Waals surface area contributed by atoms with Crippen molar-refractivity contribution in [2.45, 2.75) is 27.7 Å². The predicted octanol–water partition coefficient (Wildman–Crippen LogP) is 3.74. The molecule has 21 heavy (non-hydrogen) atoms. The molecule has 0 aromatic heterocycles. The number of nitro benzene ring substituents is 1. The van der Waals surface area contributed by atoms with Crippen LogP contribution in [-0.4, -0.2) is 28.9 Å². The zero-order valence-electron chi connectivity index (χ0n) is 13.0. The van der Waals surface area contributed by atoms with Gasteiger partial charge in [0.15, 0.2) is 0 Å². The summed E-state index contributed by atoms with van der Waals surface area (Å²) in [5.41, 5.74) is 0.567. The third-order valence-electron chi connectivity index (χ3n) is 2.79. The molecule has 6 heteroatoms. The molecule has 1 N–H and O–H groups in total. The van der Waals surface area contributed by atoms with Crippen LogP contribution in [0.2, 0.25) is 0 Å². The highest BCUT2D eigenvalue weighted by atomic mass is 16.6. The summed E-state index contributed by atoms with van der Waals surface area (Å²) in [6, 6.07) is 5.67. The van der Waals surface area contributed by atoms with Crippen LogP contribution in [-0.2, 0) is 0 Å². The number of urea groups is 1. The first-order valence-corrected chi connectivity index (χ1v) is 7.10. The summed E-state index contributed by atoms with van der Waals surface area (Å²) in [7, 11) is 0. The van der Waals surface area contributed by atoms with Gasteiger partial charge in [0.2, 0.25) is 0 Å². The summed E-state index contributed by atoms with van der Waals surface area (Å²) < 4.78 is 0. The van der Waals surface area contributed by atoms with Crippen molar-refractivity contribution in [3.05, 3.63) is 34.4 Å². The van der Waals surface area contributed by atoms with Crippen LogP contribution >= 0.6 is 0 Å². The van der Waals surface area contributed by atoms with Gasteiger partial charge in [-0.3, -0.25) is 10.1 Å². The fraction of sp³-hybridized carbons (Fsp3) is 0.533. The van der Waals surface area contributed by atoms with Crippen molar-refractivity contribution in [2.24, 2.45) is 11.8 Å². The Morgan fingerprint density at radius 3 is 2.00 bits per heavy atom. The Hall–Kier alpha value is -2.11. The lowest BCUT2D eigenvalue weighted by Gasteiger charge is -2.26. The standard InChI is InChI=1S/C15H23N3O3/c1-11(2)9-17(10-12(3)4)15(19)16-13-5-7-14(8-6-13)18(20)21/h5-8,11-12H,9-10H2,1-4H3,(H,16,19). The number of hydrogen-bond donors (Lipinski definition) is 1. The molecule has 0 heterocycles. The van der Waals surface area contributed by atoms with E-state index in [-0.39, 0.29) is 11.7 Å². The van der Waals surface area contributed by atoms with Gasteiger partial charge in [0.1, 0.15) is 0 Å². The molecule has 0 atom stereocenters. The largest absolute Gasteiger partial charge is 0.324 e. The quantitative estimate of drug-likeness (QED) is 0.641. The average Bonchev–Trinajstić information content (AvgIpc) is 2.37. The lowest BCUT2D eigenvalue weighted by molar-refractivity contribution is -0.384. The van der Waals surface area contributed by atoms with Crippen molar-refractivity contribution < 1.29 is 9.72 Å². The van der Waals surface area contributed by atoms with Gasteiger partial charge >= 0.3 is 6.03 Å². The van der Waals surface area contributed by atoms with Gasteiger partial charge in [-0.25, -0.2) is 4.79 Å². The summed E-state index contributed by atoms with van der Waals surface area (Å²) in [4.78, 5) is 24.2. The minimum Gasteiger partial charge on any atom is -0.324 e. The van der Waals surface area contributed by atoms with Gasteiger partial charge in [0.25, 0.3) is 5.69 Å². The summed E-state index contributed by atoms with van der Waals surface area (Å²) in [6.07, 6.45) is 0. The predicted molar refractivity (Wildman–Crippen MR) is 83.4 cm³/mol. The molecule has 0 bridgehead atoms. The van der Waals surface area contributed by atoms with Gasteiger partial charge in [0.05, 0.1) is 4.92 Å². The van der Waals surface area contributed by atoms with Gasteiger partial charge in [-0.2, -0.15) is 0 Å². The summed E-state index contributed by atoms with van der Waals surface area (Å²) >= 11 is 0. The average molecular weight is 293 g/mol. The van der Waals surface area contributed by atoms with E-state index in [0.29, 0.717) is 30.6 Å². The summed E-state index contributed by atoms with van der Waals surface area (Å²) in [5, 5.41) is 13.4. The van der Waals surface area contributed by atoms with Crippen molar-refractivity contribution in [1.82, 2.24) is 4.90 Å². The fourth-order valence-electron chi connectivity index (χ4n) is 1.99. The van der Waals surface area contributed by atoms with Crippen molar-refractivity contribution in [2.75, 3.05) is 18.4 Å². The second-order valence-electron chi connectivity index (χ2n) is 5.93. The van der Waals surface area contributed by atoms with Crippen LogP contribution in [0.5, 0.6) is 0 Å². The highest BCUT2D eigenvalue weighted by Gasteiger charge is 2.16. The molecule has 0 aliphatic carbocycles. The van der Waals surface area contributed by atoms with E-state index in [2.05, 4.69) is 33.0 Å². The normalized spacial score (nSPS) is 10.8. The van der Waals surface area contributed by atoms with Crippen LogP contribution in [0.4, 0.5) is 16.2 Å². The number of anilines is 1. The molecule has 1 aromatic rings. The summed E-state index contributed by atoms with van der Waals surface area (Å²) in [6.45, 7) is 9.60. The zero-order chi connectivity index (χ0) is 16.0. The molecule has 6 nitrogen and oxygen atoms in total. The van der Waals surface area contributed by atoms with Crippen LogP contribution in [0.3, 0.4) is 0 Å². The van der Waals surface area contributed by atoms with Gasteiger partial charge in [-0.15, -0.1) is 0 Å². The second-order valence-corrected chi connectivity index (χ2v) is 5.93. The molecule has 0 spiro atoms. The lowest BCUT2D eigenvalue weighted by atomic mass is 10.1. The van der Waals surface area contributed by atoms with Crippen LogP contribution < -0.4 is 5.32 Å². The van der Waals surface area contributed by atoms with Gasteiger partial charge in [-0.1, -0.05) is 27.7 Å². The Kier molecular flexibility index (Phi) is 6.14. The minimum atomic E-state index is -0.463. The van der Waals surface area contributed by atoms with E-state index in [1.54, 1.807) is 17.0 Å². The minimum absolute atomic E-state index is 0.00853. The second kappa shape index (κ2) is 7.61. The smallest absolute Gasteiger partial charge is 0.321 e. The first kappa shape index (κ1) is 16.9. The van der Waals surface area contributed by atoms with Crippen LogP contribution in [0, 0.1) is 22.0 Å². The van der Waals surface area contributed by atoms with E-state index in [1.807, 2.05) is 0 Å². The number of carbonyl (C=O) groups is 1. The molecule has 0 radical (unpaired) electrons. The van der Waals surface area contributed by atoms with E-state index in [0.717, 1.165) is 0 Å². The number of carbonyl (C=O) groups excluding carboxylic acids is 1. The number of benzene rings is 1. The number of rotatable bonds is 6. The molecule has 1 aromatic carbocycles. The van der Waals surface area contributed by atoms with E-state index < -0.39 is 4.92 Å². The van der Waals surface area contributed by atoms with Crippen molar-refractivity contribution in [3.63, 3.8) is 0 Å². The number of nitro groups is 1. The number of nitrogens with one attached hydrogen (secondary N) is 1. The SMILES string of the molecule is CC(C)CN(CC(C)C)C(=O)Nc1ccc([N+](=O)[O-])cc1. The number of amides is 2. The molecular formula is C15H23N3O3. The highest BCUT2D eigenvalue weighted by molar-refractivity contribution is 5.89. The zero-order valence-corrected chi connectivity index (χ0v) is 13.0. The molecule has 0 aliphatic heterocycles. The Balaban J connectivity index is 2.73. The Bertz CT molecular complexity index is 473. The summed E-state index contributed by atoms with van der Waals surface area (Å²) in [5.74, 6) is 0.762. The van der Waals surface area contributed by atoms with E-state index in [1.165, 1.54) is 12.1 Å². The van der Waals surface area contributed by atoms with Gasteiger partial charge in [0, 0.05) is 30.9 Å². The number of nitrogens with zero attached hydrogens (tertiary/aromatic N) is 2. The monoisotopic (exact) mass is 293 g/mol. The van der Waals surface area contributed by atoms with Crippen LogP contribution in [0.1, 0.15) is 27.7 Å². The molecule has 0 aliphatic rings. The van der Waals surface area contributed by atoms with E-state index in [4.69, 9.17) is 0 Å². The lowest BCUT2D eigenvalue weighted by Crippen LogP contribution is -2.39. The van der Waals surface area contributed by atoms with E-state index in [9.17, 15) is 14.9 Å². The van der Waals surface area contributed by atoms with Crippen molar-refractivity contribution >= 4 is 17.4 Å². The van der Waals surface area contributed by atoms with Gasteiger partial charge < -0.3 is 10.2 Å². The first-order chi connectivity index (χ1) is 9.79. The molecule has 0 saturated heterocycles. The van der Waals surface area contributed by atoms with Crippen LogP contribution in [0.15, 0.2) is 24.3 Å². The number of non-ortho nitro benzene ring substituents is 1. The molecule has 0 fully saturated rings. The number of hydrogen-bond acceptors (Lipinski definition) is 3.